The van der Waals surface area contributed by atoms with Gasteiger partial charge in [0.15, 0.2) is 5.69 Å². The Bertz CT molecular complexity index is 1150. The van der Waals surface area contributed by atoms with E-state index in [1.807, 2.05) is 0 Å². The maximum atomic E-state index is 13.4. The SMILES string of the molecule is CCOC(=O)c1cc(C#N)c(NCC(=O)NS(=O)(=O)Cc2ccccc2)nc1C(F)(F)F. The van der Waals surface area contributed by atoms with Crippen LogP contribution in [0, 0.1) is 11.3 Å². The third-order valence-corrected chi connectivity index (χ3v) is 5.04. The summed E-state index contributed by atoms with van der Waals surface area (Å²) in [7, 11) is -4.08. The van der Waals surface area contributed by atoms with Gasteiger partial charge in [-0.05, 0) is 18.6 Å². The van der Waals surface area contributed by atoms with Crippen molar-refractivity contribution < 1.29 is 35.9 Å². The molecule has 2 aromatic rings. The molecular formula is C19H17F3N4O5S. The molecule has 2 N–H and O–H groups in total. The molecule has 0 atom stereocenters. The van der Waals surface area contributed by atoms with E-state index in [9.17, 15) is 36.4 Å². The van der Waals surface area contributed by atoms with Gasteiger partial charge in [-0.2, -0.15) is 18.4 Å². The molecule has 32 heavy (non-hydrogen) atoms. The third-order valence-electron chi connectivity index (χ3n) is 3.79. The fourth-order valence-electron chi connectivity index (χ4n) is 2.52. The number of esters is 1. The van der Waals surface area contributed by atoms with Crippen LogP contribution >= 0.6 is 0 Å². The average Bonchev–Trinajstić information content (AvgIpc) is 2.71. The number of amides is 1. The van der Waals surface area contributed by atoms with Gasteiger partial charge in [0.1, 0.15) is 11.9 Å². The molecule has 9 nitrogen and oxygen atoms in total. The van der Waals surface area contributed by atoms with Crippen molar-refractivity contribution in [2.45, 2.75) is 18.9 Å². The van der Waals surface area contributed by atoms with E-state index >= 15 is 0 Å². The van der Waals surface area contributed by atoms with Crippen LogP contribution in [0.2, 0.25) is 0 Å². The first-order valence-corrected chi connectivity index (χ1v) is 10.6. The van der Waals surface area contributed by atoms with Crippen molar-refractivity contribution in [1.29, 1.82) is 5.26 Å². The number of hydrogen-bond donors (Lipinski definition) is 2. The standard InChI is InChI=1S/C19H17F3N4O5S/c1-2-31-18(28)14-8-13(9-23)17(25-16(14)19(20,21)22)24-10-15(27)26-32(29,30)11-12-6-4-3-5-7-12/h3-8H,2,10-11H2,1H3,(H,24,25)(H,26,27). The Labute approximate surface area is 181 Å². The Morgan fingerprint density at radius 1 is 1.22 bits per heavy atom. The van der Waals surface area contributed by atoms with E-state index in [2.05, 4.69) is 15.0 Å². The van der Waals surface area contributed by atoms with Crippen LogP contribution in [0.15, 0.2) is 36.4 Å². The Morgan fingerprint density at radius 2 is 1.88 bits per heavy atom. The lowest BCUT2D eigenvalue weighted by molar-refractivity contribution is -0.141. The number of nitrogens with one attached hydrogen (secondary N) is 2. The number of ether oxygens (including phenoxy) is 1. The monoisotopic (exact) mass is 470 g/mol. The Hall–Kier alpha value is -3.66. The predicted molar refractivity (Wildman–Crippen MR) is 106 cm³/mol. The fourth-order valence-corrected chi connectivity index (χ4v) is 3.64. The summed E-state index contributed by atoms with van der Waals surface area (Å²) >= 11 is 0. The second-order valence-corrected chi connectivity index (χ2v) is 7.96. The highest BCUT2D eigenvalue weighted by Crippen LogP contribution is 2.33. The minimum Gasteiger partial charge on any atom is -0.462 e. The van der Waals surface area contributed by atoms with Gasteiger partial charge in [0.05, 0.1) is 30.0 Å². The number of alkyl halides is 3. The van der Waals surface area contributed by atoms with Crippen LogP contribution in [0.3, 0.4) is 0 Å². The number of carbonyl (C=O) groups is 2. The normalized spacial score (nSPS) is 11.3. The number of aromatic nitrogens is 1. The van der Waals surface area contributed by atoms with Crippen molar-refractivity contribution >= 4 is 27.7 Å². The summed E-state index contributed by atoms with van der Waals surface area (Å²) in [6, 6.07) is 10.2. The maximum Gasteiger partial charge on any atom is 0.434 e. The minimum absolute atomic E-state index is 0.199. The molecule has 0 aliphatic heterocycles. The van der Waals surface area contributed by atoms with E-state index in [0.717, 1.165) is 0 Å². The van der Waals surface area contributed by atoms with Crippen molar-refractivity contribution in [2.75, 3.05) is 18.5 Å². The van der Waals surface area contributed by atoms with Gasteiger partial charge in [-0.15, -0.1) is 0 Å². The minimum atomic E-state index is -5.06. The van der Waals surface area contributed by atoms with Gasteiger partial charge in [-0.1, -0.05) is 30.3 Å². The van der Waals surface area contributed by atoms with Crippen molar-refractivity contribution in [3.8, 4) is 6.07 Å². The Kier molecular flexibility index (Phi) is 7.77. The molecule has 0 spiro atoms. The van der Waals surface area contributed by atoms with Crippen molar-refractivity contribution in [1.82, 2.24) is 9.71 Å². The van der Waals surface area contributed by atoms with Gasteiger partial charge in [0.2, 0.25) is 10.0 Å². The van der Waals surface area contributed by atoms with Crippen LogP contribution < -0.4 is 10.0 Å². The number of halogens is 3. The first kappa shape index (κ1) is 24.6. The molecule has 1 aromatic heterocycles. The first-order chi connectivity index (χ1) is 15.0. The van der Waals surface area contributed by atoms with Crippen LogP contribution in [0.5, 0.6) is 0 Å². The van der Waals surface area contributed by atoms with Gasteiger partial charge in [0.25, 0.3) is 5.91 Å². The molecule has 0 unspecified atom stereocenters. The summed E-state index contributed by atoms with van der Waals surface area (Å²) in [4.78, 5) is 27.1. The highest BCUT2D eigenvalue weighted by Gasteiger charge is 2.39. The Morgan fingerprint density at radius 3 is 2.44 bits per heavy atom. The number of carbonyl (C=O) groups excluding carboxylic acids is 2. The summed E-state index contributed by atoms with van der Waals surface area (Å²) in [6.07, 6.45) is -5.06. The van der Waals surface area contributed by atoms with Crippen LogP contribution in [-0.4, -0.2) is 38.4 Å². The fraction of sp³-hybridized carbons (Fsp3) is 0.263. The van der Waals surface area contributed by atoms with Crippen molar-refractivity contribution in [3.63, 3.8) is 0 Å². The summed E-state index contributed by atoms with van der Waals surface area (Å²) < 4.78 is 70.6. The number of benzene rings is 1. The van der Waals surface area contributed by atoms with Crippen LogP contribution in [-0.2, 0) is 31.5 Å². The second kappa shape index (κ2) is 10.1. The molecule has 0 fully saturated rings. The lowest BCUT2D eigenvalue weighted by atomic mass is 10.1. The molecule has 0 bridgehead atoms. The molecule has 1 amide bonds. The molecule has 1 heterocycles. The van der Waals surface area contributed by atoms with Gasteiger partial charge in [0, 0.05) is 0 Å². The van der Waals surface area contributed by atoms with E-state index in [1.165, 1.54) is 19.1 Å². The van der Waals surface area contributed by atoms with Crippen LogP contribution in [0.25, 0.3) is 0 Å². The van der Waals surface area contributed by atoms with Crippen molar-refractivity contribution in [3.05, 3.63) is 58.8 Å². The lowest BCUT2D eigenvalue weighted by Crippen LogP contribution is -2.36. The average molecular weight is 470 g/mol. The summed E-state index contributed by atoms with van der Waals surface area (Å²) in [5.41, 5.74) is -2.63. The van der Waals surface area contributed by atoms with Crippen LogP contribution in [0.1, 0.15) is 34.1 Å². The van der Waals surface area contributed by atoms with E-state index in [0.29, 0.717) is 11.6 Å². The topological polar surface area (TPSA) is 138 Å². The largest absolute Gasteiger partial charge is 0.462 e. The maximum absolute atomic E-state index is 13.4. The summed E-state index contributed by atoms with van der Waals surface area (Å²) in [5.74, 6) is -3.55. The number of rotatable bonds is 8. The number of nitrogens with zero attached hydrogens (tertiary/aromatic N) is 2. The highest BCUT2D eigenvalue weighted by atomic mass is 32.2. The number of anilines is 1. The summed E-state index contributed by atoms with van der Waals surface area (Å²) in [5, 5.41) is 11.4. The molecule has 0 saturated heterocycles. The predicted octanol–water partition coefficient (Wildman–Crippen LogP) is 2.21. The first-order valence-electron chi connectivity index (χ1n) is 8.97. The van der Waals surface area contributed by atoms with Gasteiger partial charge >= 0.3 is 12.1 Å². The van der Waals surface area contributed by atoms with Gasteiger partial charge in [-0.25, -0.2) is 18.2 Å². The zero-order chi connectivity index (χ0) is 23.9. The molecule has 0 aliphatic rings. The number of pyridine rings is 1. The van der Waals surface area contributed by atoms with E-state index in [1.54, 1.807) is 29.0 Å². The number of hydrogen-bond acceptors (Lipinski definition) is 8. The number of sulfonamides is 1. The molecule has 0 saturated carbocycles. The molecule has 0 aliphatic carbocycles. The van der Waals surface area contributed by atoms with Crippen LogP contribution in [0.4, 0.5) is 19.0 Å². The quantitative estimate of drug-likeness (QED) is 0.560. The third kappa shape index (κ3) is 6.67. The molecule has 0 radical (unpaired) electrons. The molecular weight excluding hydrogens is 453 g/mol. The summed E-state index contributed by atoms with van der Waals surface area (Å²) in [6.45, 7) is 0.394. The molecule has 1 aromatic carbocycles. The zero-order valence-corrected chi connectivity index (χ0v) is 17.4. The van der Waals surface area contributed by atoms with E-state index < -0.39 is 63.0 Å². The highest BCUT2D eigenvalue weighted by molar-refractivity contribution is 7.89. The van der Waals surface area contributed by atoms with E-state index in [4.69, 9.17) is 0 Å². The lowest BCUT2D eigenvalue weighted by Gasteiger charge is -2.15. The molecule has 2 rings (SSSR count). The van der Waals surface area contributed by atoms with Gasteiger partial charge < -0.3 is 10.1 Å². The van der Waals surface area contributed by atoms with Gasteiger partial charge in [-0.3, -0.25) is 9.52 Å². The zero-order valence-electron chi connectivity index (χ0n) is 16.6. The van der Waals surface area contributed by atoms with Crippen molar-refractivity contribution in [2.24, 2.45) is 0 Å². The van der Waals surface area contributed by atoms with E-state index in [-0.39, 0.29) is 6.61 Å². The molecule has 170 valence electrons. The number of nitriles is 1. The molecule has 13 heteroatoms. The smallest absolute Gasteiger partial charge is 0.434 e. The Balaban J connectivity index is 2.20. The second-order valence-electron chi connectivity index (χ2n) is 6.23.